The number of nitrogens with zero attached hydrogens (tertiary/aromatic N) is 1. The van der Waals surface area contributed by atoms with Crippen LogP contribution >= 0.6 is 12.2 Å². The first-order chi connectivity index (χ1) is 6.68. The van der Waals surface area contributed by atoms with Gasteiger partial charge in [0.1, 0.15) is 0 Å². The summed E-state index contributed by atoms with van der Waals surface area (Å²) in [6.45, 7) is 6.30. The highest BCUT2D eigenvalue weighted by Crippen LogP contribution is 2.26. The van der Waals surface area contributed by atoms with Crippen LogP contribution in [0.5, 0.6) is 0 Å². The monoisotopic (exact) mass is 209 g/mol. The molecule has 2 heterocycles. The number of aromatic amines is 1. The maximum atomic E-state index is 5.04. The Labute approximate surface area is 89.0 Å². The molecule has 1 aliphatic rings. The van der Waals surface area contributed by atoms with Gasteiger partial charge < -0.3 is 10.3 Å². The molecule has 1 unspecified atom stereocenters. The molecule has 0 saturated carbocycles. The van der Waals surface area contributed by atoms with Gasteiger partial charge in [-0.2, -0.15) is 0 Å². The van der Waals surface area contributed by atoms with Crippen LogP contribution in [0.25, 0.3) is 0 Å². The van der Waals surface area contributed by atoms with Gasteiger partial charge >= 0.3 is 0 Å². The Kier molecular flexibility index (Phi) is 2.65. The van der Waals surface area contributed by atoms with E-state index < -0.39 is 0 Å². The second kappa shape index (κ2) is 3.79. The van der Waals surface area contributed by atoms with Crippen LogP contribution in [-0.2, 0) is 0 Å². The zero-order valence-corrected chi connectivity index (χ0v) is 9.37. The second-order valence-electron chi connectivity index (χ2n) is 3.86. The minimum atomic E-state index is 0.592. The van der Waals surface area contributed by atoms with Gasteiger partial charge in [-0.3, -0.25) is 0 Å². The van der Waals surface area contributed by atoms with Crippen molar-refractivity contribution in [3.63, 3.8) is 0 Å². The zero-order chi connectivity index (χ0) is 10.1. The van der Waals surface area contributed by atoms with Crippen LogP contribution in [0.3, 0.4) is 0 Å². The second-order valence-corrected chi connectivity index (χ2v) is 4.24. The normalized spacial score (nSPS) is 21.4. The minimum absolute atomic E-state index is 0.592. The van der Waals surface area contributed by atoms with Crippen LogP contribution in [0.15, 0.2) is 0 Å². The highest BCUT2D eigenvalue weighted by molar-refractivity contribution is 7.71. The highest BCUT2D eigenvalue weighted by atomic mass is 32.1. The van der Waals surface area contributed by atoms with E-state index in [0.29, 0.717) is 10.7 Å². The van der Waals surface area contributed by atoms with E-state index in [-0.39, 0.29) is 0 Å². The summed E-state index contributed by atoms with van der Waals surface area (Å²) < 4.78 is 0.592. The third-order valence-electron chi connectivity index (χ3n) is 2.83. The molecular weight excluding hydrogens is 194 g/mol. The molecule has 2 N–H and O–H groups in total. The van der Waals surface area contributed by atoms with Crippen LogP contribution in [-0.4, -0.2) is 23.1 Å². The lowest BCUT2D eigenvalue weighted by atomic mass is 9.96. The molecular formula is C10H15N3S. The molecule has 1 atom stereocenters. The van der Waals surface area contributed by atoms with Gasteiger partial charge in [0.2, 0.25) is 0 Å². The number of hydrogen-bond donors (Lipinski definition) is 2. The van der Waals surface area contributed by atoms with Crippen LogP contribution in [0.2, 0.25) is 0 Å². The van der Waals surface area contributed by atoms with Crippen LogP contribution in [0.1, 0.15) is 29.3 Å². The fourth-order valence-electron chi connectivity index (χ4n) is 2.24. The smallest absolute Gasteiger partial charge is 0.197 e. The van der Waals surface area contributed by atoms with Crippen molar-refractivity contribution in [2.75, 3.05) is 13.1 Å². The van der Waals surface area contributed by atoms with E-state index in [2.05, 4.69) is 22.2 Å². The summed E-state index contributed by atoms with van der Waals surface area (Å²) >= 11 is 5.04. The van der Waals surface area contributed by atoms with Crippen molar-refractivity contribution >= 4 is 12.2 Å². The Bertz CT molecular complexity index is 365. The number of hydrogen-bond acceptors (Lipinski definition) is 3. The molecule has 14 heavy (non-hydrogen) atoms. The molecule has 1 aromatic rings. The van der Waals surface area contributed by atoms with E-state index in [9.17, 15) is 0 Å². The van der Waals surface area contributed by atoms with Gasteiger partial charge in [0.05, 0.1) is 0 Å². The summed E-state index contributed by atoms with van der Waals surface area (Å²) in [6, 6.07) is 0. The highest BCUT2D eigenvalue weighted by Gasteiger charge is 2.20. The average molecular weight is 209 g/mol. The number of rotatable bonds is 1. The van der Waals surface area contributed by atoms with Crippen molar-refractivity contribution < 1.29 is 0 Å². The number of H-pyrrole nitrogens is 1. The number of aromatic nitrogens is 2. The Hall–Kier alpha value is -0.740. The predicted octanol–water partition coefficient (Wildman–Crippen LogP) is 1.83. The van der Waals surface area contributed by atoms with Crippen molar-refractivity contribution in [3.8, 4) is 0 Å². The Morgan fingerprint density at radius 1 is 1.43 bits per heavy atom. The molecule has 1 saturated heterocycles. The summed E-state index contributed by atoms with van der Waals surface area (Å²) in [7, 11) is 0. The summed E-state index contributed by atoms with van der Waals surface area (Å²) in [5.41, 5.74) is 3.61. The molecule has 3 nitrogen and oxygen atoms in total. The maximum absolute atomic E-state index is 5.04. The van der Waals surface area contributed by atoms with Crippen molar-refractivity contribution in [1.29, 1.82) is 0 Å². The third kappa shape index (κ3) is 1.72. The van der Waals surface area contributed by atoms with E-state index in [1.165, 1.54) is 17.7 Å². The van der Waals surface area contributed by atoms with E-state index >= 15 is 0 Å². The molecule has 76 valence electrons. The summed E-state index contributed by atoms with van der Waals surface area (Å²) in [4.78, 5) is 7.44. The first-order valence-electron chi connectivity index (χ1n) is 4.96. The first-order valence-corrected chi connectivity index (χ1v) is 5.37. The van der Waals surface area contributed by atoms with Crippen LogP contribution in [0.4, 0.5) is 0 Å². The van der Waals surface area contributed by atoms with Crippen molar-refractivity contribution in [3.05, 3.63) is 21.7 Å². The fraction of sp³-hybridized carbons (Fsp3) is 0.600. The molecule has 0 radical (unpaired) electrons. The molecule has 0 amide bonds. The lowest BCUT2D eigenvalue weighted by molar-refractivity contribution is 0.731. The molecule has 1 fully saturated rings. The third-order valence-corrected chi connectivity index (χ3v) is 3.02. The Morgan fingerprint density at radius 3 is 2.79 bits per heavy atom. The van der Waals surface area contributed by atoms with E-state index in [1.54, 1.807) is 0 Å². The minimum Gasteiger partial charge on any atom is -0.334 e. The van der Waals surface area contributed by atoms with Gasteiger partial charge in [-0.05, 0) is 44.6 Å². The Morgan fingerprint density at radius 2 is 2.21 bits per heavy atom. The average Bonchev–Trinajstić information content (AvgIpc) is 2.54. The van der Waals surface area contributed by atoms with E-state index in [4.69, 9.17) is 12.2 Å². The quantitative estimate of drug-likeness (QED) is 0.693. The standard InChI is InChI=1S/C10H15N3S/c1-6-9(8-3-4-11-5-8)7(2)13-10(14)12-6/h8,11H,3-5H2,1-2H3,(H,12,13,14). The van der Waals surface area contributed by atoms with Crippen molar-refractivity contribution in [2.24, 2.45) is 0 Å². The molecule has 0 aliphatic carbocycles. The van der Waals surface area contributed by atoms with Crippen LogP contribution in [0, 0.1) is 18.6 Å². The molecule has 0 bridgehead atoms. The number of aryl methyl sites for hydroxylation is 2. The van der Waals surface area contributed by atoms with E-state index in [0.717, 1.165) is 18.8 Å². The van der Waals surface area contributed by atoms with Gasteiger partial charge in [0, 0.05) is 23.9 Å². The van der Waals surface area contributed by atoms with Gasteiger partial charge in [0.25, 0.3) is 0 Å². The topological polar surface area (TPSA) is 40.7 Å². The molecule has 0 aromatic carbocycles. The summed E-state index contributed by atoms with van der Waals surface area (Å²) in [5, 5.41) is 3.37. The van der Waals surface area contributed by atoms with Gasteiger partial charge in [-0.25, -0.2) is 4.98 Å². The van der Waals surface area contributed by atoms with Crippen molar-refractivity contribution in [1.82, 2.24) is 15.3 Å². The summed E-state index contributed by atoms with van der Waals surface area (Å²) in [6.07, 6.45) is 1.20. The SMILES string of the molecule is Cc1nc(=S)[nH]c(C)c1C1CCNC1. The molecule has 2 rings (SSSR count). The lowest BCUT2D eigenvalue weighted by Gasteiger charge is -2.14. The lowest BCUT2D eigenvalue weighted by Crippen LogP contribution is -2.11. The van der Waals surface area contributed by atoms with E-state index in [1.807, 2.05) is 6.92 Å². The van der Waals surface area contributed by atoms with Crippen molar-refractivity contribution in [2.45, 2.75) is 26.2 Å². The van der Waals surface area contributed by atoms with Crippen LogP contribution < -0.4 is 5.32 Å². The largest absolute Gasteiger partial charge is 0.334 e. The summed E-state index contributed by atoms with van der Waals surface area (Å²) in [5.74, 6) is 0.606. The predicted molar refractivity (Wildman–Crippen MR) is 59.1 cm³/mol. The zero-order valence-electron chi connectivity index (χ0n) is 8.55. The molecule has 0 spiro atoms. The molecule has 4 heteroatoms. The first kappa shape index (κ1) is 9.80. The van der Waals surface area contributed by atoms with Gasteiger partial charge in [-0.1, -0.05) is 0 Å². The fourth-order valence-corrected chi connectivity index (χ4v) is 2.53. The number of nitrogens with one attached hydrogen (secondary N) is 2. The molecule has 1 aromatic heterocycles. The van der Waals surface area contributed by atoms with Gasteiger partial charge in [-0.15, -0.1) is 0 Å². The van der Waals surface area contributed by atoms with Gasteiger partial charge in [0.15, 0.2) is 4.77 Å². The molecule has 1 aliphatic heterocycles. The maximum Gasteiger partial charge on any atom is 0.197 e. The Balaban J connectivity index is 2.46.